The molecule has 1 aliphatic carbocycles. The second kappa shape index (κ2) is 11.4. The fourth-order valence-corrected chi connectivity index (χ4v) is 7.58. The first kappa shape index (κ1) is 29.8. The Morgan fingerprint density at radius 3 is 2.67 bits per heavy atom. The van der Waals surface area contributed by atoms with E-state index in [0.29, 0.717) is 61.4 Å². The molecule has 5 heterocycles. The zero-order valence-corrected chi connectivity index (χ0v) is 26.1. The fourth-order valence-electron chi connectivity index (χ4n) is 6.65. The van der Waals surface area contributed by atoms with Crippen LogP contribution in [0.5, 0.6) is 0 Å². The molecule has 0 radical (unpaired) electrons. The molecule has 3 fully saturated rings. The summed E-state index contributed by atoms with van der Waals surface area (Å²) in [6.07, 6.45) is 7.39. The number of nitrogens with zero attached hydrogens (tertiary/aromatic N) is 4. The van der Waals surface area contributed by atoms with Gasteiger partial charge in [-0.1, -0.05) is 13.0 Å². The van der Waals surface area contributed by atoms with E-state index in [9.17, 15) is 18.0 Å². The van der Waals surface area contributed by atoms with Crippen LogP contribution in [0.25, 0.3) is 0 Å². The monoisotopic (exact) mass is 610 g/mol. The van der Waals surface area contributed by atoms with Crippen LogP contribution in [0.3, 0.4) is 0 Å². The molecule has 3 aliphatic heterocycles. The number of carbonyl (C=O) groups is 2. The van der Waals surface area contributed by atoms with Crippen molar-refractivity contribution in [1.29, 1.82) is 0 Å². The molecule has 232 valence electrons. The first-order valence-corrected chi connectivity index (χ1v) is 16.9. The highest BCUT2D eigenvalue weighted by Gasteiger charge is 2.42. The van der Waals surface area contributed by atoms with Crippen molar-refractivity contribution in [3.63, 3.8) is 0 Å². The number of rotatable bonds is 6. The quantitative estimate of drug-likeness (QED) is 0.464. The maximum Gasteiger partial charge on any atom is 0.281 e. The Morgan fingerprint density at radius 2 is 1.88 bits per heavy atom. The van der Waals surface area contributed by atoms with Crippen LogP contribution in [0.1, 0.15) is 82.5 Å². The smallest absolute Gasteiger partial charge is 0.281 e. The lowest BCUT2D eigenvalue weighted by molar-refractivity contribution is -0.127. The molecule has 2 atom stereocenters. The van der Waals surface area contributed by atoms with Crippen molar-refractivity contribution in [3.8, 4) is 0 Å². The molecule has 0 aromatic carbocycles. The summed E-state index contributed by atoms with van der Waals surface area (Å²) in [7, 11) is -4.25. The molecule has 11 nitrogen and oxygen atoms in total. The van der Waals surface area contributed by atoms with Gasteiger partial charge in [0.05, 0.1) is 5.56 Å². The van der Waals surface area contributed by atoms with Crippen LogP contribution in [-0.2, 0) is 19.6 Å². The number of hydrogen-bond acceptors (Lipinski definition) is 9. The summed E-state index contributed by atoms with van der Waals surface area (Å²) in [6, 6.07) is 7.87. The number of hydrogen-bond donors (Lipinski definition) is 2. The van der Waals surface area contributed by atoms with Gasteiger partial charge >= 0.3 is 0 Å². The number of anilines is 3. The van der Waals surface area contributed by atoms with Crippen molar-refractivity contribution in [2.45, 2.75) is 88.8 Å². The minimum Gasteiger partial charge on any atom is -0.370 e. The summed E-state index contributed by atoms with van der Waals surface area (Å²) in [6.45, 7) is 8.87. The number of nitrogens with one attached hydrogen (secondary N) is 2. The van der Waals surface area contributed by atoms with Crippen LogP contribution < -0.4 is 19.8 Å². The summed E-state index contributed by atoms with van der Waals surface area (Å²) in [5, 5.41) is 2.97. The van der Waals surface area contributed by atoms with Crippen LogP contribution in [-0.4, -0.2) is 68.1 Å². The van der Waals surface area contributed by atoms with Crippen molar-refractivity contribution < 1.29 is 22.7 Å². The lowest BCUT2D eigenvalue weighted by atomic mass is 9.93. The van der Waals surface area contributed by atoms with Gasteiger partial charge in [0.15, 0.2) is 5.03 Å². The van der Waals surface area contributed by atoms with Crippen LogP contribution in [0, 0.1) is 11.3 Å². The summed E-state index contributed by atoms with van der Waals surface area (Å²) in [5.41, 5.74) is 0.260. The molecule has 0 spiro atoms. The number of amides is 2. The maximum atomic E-state index is 13.6. The molecule has 1 saturated carbocycles. The normalized spacial score (nSPS) is 25.7. The average molecular weight is 611 g/mol. The molecule has 2 amide bonds. The first-order chi connectivity index (χ1) is 20.4. The molecule has 1 unspecified atom stereocenters. The van der Waals surface area contributed by atoms with Crippen LogP contribution >= 0.6 is 0 Å². The highest BCUT2D eigenvalue weighted by molar-refractivity contribution is 7.90. The Morgan fingerprint density at radius 1 is 1.07 bits per heavy atom. The predicted octanol–water partition coefficient (Wildman–Crippen LogP) is 4.11. The van der Waals surface area contributed by atoms with E-state index >= 15 is 0 Å². The van der Waals surface area contributed by atoms with Crippen molar-refractivity contribution >= 4 is 39.3 Å². The summed E-state index contributed by atoms with van der Waals surface area (Å²) in [4.78, 5) is 39.8. The van der Waals surface area contributed by atoms with E-state index in [2.05, 4.69) is 40.7 Å². The molecule has 6 rings (SSSR count). The SMILES string of the molecule is CC1(CCCOC2CCN(c3ccc4c(n3)N3C[C@@H](CCCNc5cccc(n5)S(=O)(=O)NC4=O)CC3(C)C)C2=O)CC1. The molecular formula is C31H42N6O5S. The van der Waals surface area contributed by atoms with E-state index in [4.69, 9.17) is 9.72 Å². The molecule has 2 aromatic heterocycles. The Hall–Kier alpha value is -3.25. The predicted molar refractivity (Wildman–Crippen MR) is 164 cm³/mol. The first-order valence-electron chi connectivity index (χ1n) is 15.4. The topological polar surface area (TPSA) is 134 Å². The van der Waals surface area contributed by atoms with E-state index in [0.717, 1.165) is 32.1 Å². The van der Waals surface area contributed by atoms with E-state index in [1.807, 2.05) is 0 Å². The summed E-state index contributed by atoms with van der Waals surface area (Å²) < 4.78 is 34.6. The maximum absolute atomic E-state index is 13.6. The van der Waals surface area contributed by atoms with Gasteiger partial charge < -0.3 is 15.0 Å². The molecular weight excluding hydrogens is 568 g/mol. The van der Waals surface area contributed by atoms with E-state index in [1.165, 1.54) is 18.9 Å². The molecule has 12 heteroatoms. The Balaban J connectivity index is 1.28. The summed E-state index contributed by atoms with van der Waals surface area (Å²) >= 11 is 0. The van der Waals surface area contributed by atoms with Crippen molar-refractivity contribution in [2.24, 2.45) is 11.3 Å². The van der Waals surface area contributed by atoms with Crippen LogP contribution in [0.4, 0.5) is 17.5 Å². The third kappa shape index (κ3) is 6.35. The van der Waals surface area contributed by atoms with Crippen molar-refractivity contribution in [2.75, 3.05) is 41.4 Å². The van der Waals surface area contributed by atoms with Crippen LogP contribution in [0.2, 0.25) is 0 Å². The number of aromatic nitrogens is 2. The second-order valence-electron chi connectivity index (χ2n) is 13.5. The van der Waals surface area contributed by atoms with Gasteiger partial charge in [0, 0.05) is 38.2 Å². The molecule has 2 N–H and O–H groups in total. The number of carbonyl (C=O) groups excluding carboxylic acids is 2. The van der Waals surface area contributed by atoms with Gasteiger partial charge in [-0.25, -0.2) is 14.7 Å². The molecule has 4 bridgehead atoms. The van der Waals surface area contributed by atoms with Gasteiger partial charge in [-0.05, 0) is 94.4 Å². The zero-order valence-electron chi connectivity index (χ0n) is 25.3. The summed E-state index contributed by atoms with van der Waals surface area (Å²) in [5.74, 6) is 0.692. The van der Waals surface area contributed by atoms with Crippen LogP contribution in [0.15, 0.2) is 35.4 Å². The van der Waals surface area contributed by atoms with Gasteiger partial charge in [0.2, 0.25) is 0 Å². The standard InChI is InChI=1S/C31H42N6O5S/c1-30(2)19-21-7-5-16-32-24-8-4-9-26(33-24)43(40,41)35-28(38)22-10-11-25(34-27(22)37(30)20-21)36-17-12-23(29(36)39)42-18-6-13-31(3)14-15-31/h4,8-11,21,23H,5-7,12-20H2,1-3H3,(H,32,33)(H,35,38)/t21-,23?/m0/s1. The Labute approximate surface area is 253 Å². The third-order valence-corrected chi connectivity index (χ3v) is 10.7. The van der Waals surface area contributed by atoms with Gasteiger partial charge in [-0.15, -0.1) is 0 Å². The number of pyridine rings is 2. The van der Waals surface area contributed by atoms with E-state index in [1.54, 1.807) is 29.2 Å². The minimum absolute atomic E-state index is 0.133. The lowest BCUT2D eigenvalue weighted by Crippen LogP contribution is -2.41. The number of sulfonamides is 1. The number of fused-ring (bicyclic) bond motifs is 6. The fraction of sp³-hybridized carbons (Fsp3) is 0.613. The largest absolute Gasteiger partial charge is 0.370 e. The average Bonchev–Trinajstić information content (AvgIpc) is 3.46. The van der Waals surface area contributed by atoms with Crippen molar-refractivity contribution in [1.82, 2.24) is 14.7 Å². The zero-order chi connectivity index (χ0) is 30.4. The minimum atomic E-state index is -4.25. The van der Waals surface area contributed by atoms with E-state index < -0.39 is 22.0 Å². The molecule has 4 aliphatic rings. The lowest BCUT2D eigenvalue weighted by Gasteiger charge is -2.34. The van der Waals surface area contributed by atoms with Gasteiger partial charge in [0.1, 0.15) is 23.6 Å². The molecule has 2 aromatic rings. The Bertz CT molecular complexity index is 1510. The second-order valence-corrected chi connectivity index (χ2v) is 15.1. The molecule has 2 saturated heterocycles. The van der Waals surface area contributed by atoms with Crippen molar-refractivity contribution in [3.05, 3.63) is 35.9 Å². The molecule has 43 heavy (non-hydrogen) atoms. The van der Waals surface area contributed by atoms with E-state index in [-0.39, 0.29) is 22.0 Å². The Kier molecular flexibility index (Phi) is 7.87. The third-order valence-electron chi connectivity index (χ3n) is 9.42. The van der Waals surface area contributed by atoms with Gasteiger partial charge in [-0.2, -0.15) is 8.42 Å². The van der Waals surface area contributed by atoms with Gasteiger partial charge in [-0.3, -0.25) is 14.5 Å². The number of ether oxygens (including phenoxy) is 1. The highest BCUT2D eigenvalue weighted by Crippen LogP contribution is 2.48. The highest BCUT2D eigenvalue weighted by atomic mass is 32.2. The van der Waals surface area contributed by atoms with Gasteiger partial charge in [0.25, 0.3) is 21.8 Å².